The van der Waals surface area contributed by atoms with Gasteiger partial charge in [0.25, 0.3) is 5.56 Å². The molecular formula is C31H20ClN3O4. The Hall–Kier alpha value is -4.88. The highest BCUT2D eigenvalue weighted by Crippen LogP contribution is 2.41. The van der Waals surface area contributed by atoms with Crippen molar-refractivity contribution < 1.29 is 9.47 Å². The van der Waals surface area contributed by atoms with Crippen molar-refractivity contribution in [3.63, 3.8) is 0 Å². The predicted molar refractivity (Wildman–Crippen MR) is 152 cm³/mol. The van der Waals surface area contributed by atoms with Gasteiger partial charge in [-0.2, -0.15) is 0 Å². The summed E-state index contributed by atoms with van der Waals surface area (Å²) in [5.74, 6) is 1.38. The fourth-order valence-electron chi connectivity index (χ4n) is 5.14. The maximum absolute atomic E-state index is 13.6. The zero-order chi connectivity index (χ0) is 26.5. The van der Waals surface area contributed by atoms with Gasteiger partial charge in [-0.3, -0.25) is 9.78 Å². The van der Waals surface area contributed by atoms with Crippen LogP contribution in [0.4, 0.5) is 0 Å². The molecule has 0 saturated heterocycles. The molecule has 2 aromatic heterocycles. The van der Waals surface area contributed by atoms with Crippen molar-refractivity contribution in [2.75, 3.05) is 13.2 Å². The van der Waals surface area contributed by atoms with E-state index in [1.807, 2.05) is 66.7 Å². The molecule has 4 aromatic carbocycles. The van der Waals surface area contributed by atoms with Crippen LogP contribution in [0.5, 0.6) is 11.5 Å². The van der Waals surface area contributed by atoms with E-state index in [4.69, 9.17) is 21.1 Å². The fraction of sp³-hybridized carbons (Fsp3) is 0.0645. The van der Waals surface area contributed by atoms with Crippen LogP contribution in [0.25, 0.3) is 49.6 Å². The topological polar surface area (TPSA) is 86.2 Å². The lowest BCUT2D eigenvalue weighted by Gasteiger charge is -2.20. The molecule has 1 aliphatic rings. The van der Waals surface area contributed by atoms with Gasteiger partial charge in [0, 0.05) is 27.6 Å². The average Bonchev–Trinajstić information content (AvgIpc) is 2.96. The molecule has 39 heavy (non-hydrogen) atoms. The van der Waals surface area contributed by atoms with Gasteiger partial charge in [0.2, 0.25) is 0 Å². The minimum absolute atomic E-state index is 0.374. The van der Waals surface area contributed by atoms with Crippen LogP contribution in [-0.4, -0.2) is 27.7 Å². The molecule has 7 rings (SSSR count). The lowest BCUT2D eigenvalue weighted by atomic mass is 9.93. The van der Waals surface area contributed by atoms with Crippen LogP contribution in [0.15, 0.2) is 101 Å². The first kappa shape index (κ1) is 23.3. The second-order valence-corrected chi connectivity index (χ2v) is 9.64. The third-order valence-electron chi connectivity index (χ3n) is 6.94. The molecule has 0 spiro atoms. The molecule has 0 unspecified atom stereocenters. The van der Waals surface area contributed by atoms with Gasteiger partial charge in [-0.1, -0.05) is 60.1 Å². The lowest BCUT2D eigenvalue weighted by molar-refractivity contribution is 0.171. The highest BCUT2D eigenvalue weighted by atomic mass is 35.5. The minimum atomic E-state index is -0.547. The summed E-state index contributed by atoms with van der Waals surface area (Å²) in [4.78, 5) is 34.0. The van der Waals surface area contributed by atoms with Crippen LogP contribution >= 0.6 is 11.6 Å². The number of aromatic amines is 1. The number of nitrogens with zero attached hydrogens (tertiary/aromatic N) is 2. The Balaban J connectivity index is 1.39. The van der Waals surface area contributed by atoms with E-state index in [0.29, 0.717) is 46.3 Å². The Kier molecular flexibility index (Phi) is 5.45. The predicted octanol–water partition coefficient (Wildman–Crippen LogP) is 5.99. The zero-order valence-electron chi connectivity index (χ0n) is 20.5. The minimum Gasteiger partial charge on any atom is -0.486 e. The number of hydrogen-bond acceptors (Lipinski definition) is 5. The molecule has 1 N–H and O–H groups in total. The van der Waals surface area contributed by atoms with Crippen molar-refractivity contribution in [1.82, 2.24) is 14.5 Å². The molecule has 0 fully saturated rings. The Morgan fingerprint density at radius 2 is 1.62 bits per heavy atom. The van der Waals surface area contributed by atoms with E-state index in [-0.39, 0.29) is 0 Å². The number of aromatic nitrogens is 3. The fourth-order valence-corrected chi connectivity index (χ4v) is 5.42. The van der Waals surface area contributed by atoms with Crippen molar-refractivity contribution >= 4 is 33.3 Å². The van der Waals surface area contributed by atoms with E-state index < -0.39 is 11.2 Å². The molecule has 3 heterocycles. The summed E-state index contributed by atoms with van der Waals surface area (Å²) in [5.41, 5.74) is 3.20. The molecule has 0 saturated carbocycles. The molecule has 0 aliphatic carbocycles. The first-order valence-corrected chi connectivity index (χ1v) is 12.8. The molecule has 0 bridgehead atoms. The summed E-state index contributed by atoms with van der Waals surface area (Å²) >= 11 is 6.73. The summed E-state index contributed by atoms with van der Waals surface area (Å²) in [5, 5.41) is 2.51. The summed E-state index contributed by atoms with van der Waals surface area (Å²) in [6.07, 6.45) is 3.23. The number of pyridine rings is 1. The number of hydrogen-bond donors (Lipinski definition) is 1. The van der Waals surface area contributed by atoms with Crippen LogP contribution < -0.4 is 20.7 Å². The smallest absolute Gasteiger partial charge is 0.333 e. The van der Waals surface area contributed by atoms with Gasteiger partial charge < -0.3 is 14.5 Å². The maximum atomic E-state index is 13.6. The van der Waals surface area contributed by atoms with E-state index in [1.54, 1.807) is 18.3 Å². The second kappa shape index (κ2) is 9.15. The van der Waals surface area contributed by atoms with E-state index in [9.17, 15) is 9.59 Å². The zero-order valence-corrected chi connectivity index (χ0v) is 21.2. The largest absolute Gasteiger partial charge is 0.486 e. The number of ether oxygens (including phenoxy) is 2. The van der Waals surface area contributed by atoms with Crippen LogP contribution in [-0.2, 0) is 0 Å². The summed E-state index contributed by atoms with van der Waals surface area (Å²) in [7, 11) is 0. The summed E-state index contributed by atoms with van der Waals surface area (Å²) < 4.78 is 12.6. The van der Waals surface area contributed by atoms with E-state index in [1.165, 1.54) is 6.20 Å². The van der Waals surface area contributed by atoms with Crippen molar-refractivity contribution in [3.8, 4) is 39.4 Å². The van der Waals surface area contributed by atoms with Gasteiger partial charge in [-0.05, 0) is 47.0 Å². The normalized spacial score (nSPS) is 12.6. The molecule has 8 heteroatoms. The molecule has 0 radical (unpaired) electrons. The monoisotopic (exact) mass is 533 g/mol. The third-order valence-corrected chi connectivity index (χ3v) is 7.26. The van der Waals surface area contributed by atoms with Gasteiger partial charge in [0.05, 0.1) is 22.8 Å². The lowest BCUT2D eigenvalue weighted by Crippen LogP contribution is -2.33. The summed E-state index contributed by atoms with van der Waals surface area (Å²) in [6.45, 7) is 1.01. The van der Waals surface area contributed by atoms with Crippen LogP contribution in [0.2, 0.25) is 5.02 Å². The van der Waals surface area contributed by atoms with Gasteiger partial charge in [-0.15, -0.1) is 0 Å². The molecular weight excluding hydrogens is 514 g/mol. The van der Waals surface area contributed by atoms with Gasteiger partial charge in [0.1, 0.15) is 13.2 Å². The Morgan fingerprint density at radius 3 is 2.51 bits per heavy atom. The van der Waals surface area contributed by atoms with E-state index in [0.717, 1.165) is 37.6 Å². The molecule has 0 amide bonds. The number of rotatable bonds is 3. The second-order valence-electron chi connectivity index (χ2n) is 9.23. The quantitative estimate of drug-likeness (QED) is 0.302. The van der Waals surface area contributed by atoms with Crippen molar-refractivity contribution in [1.29, 1.82) is 0 Å². The molecule has 6 aromatic rings. The highest BCUT2D eigenvalue weighted by molar-refractivity contribution is 6.34. The van der Waals surface area contributed by atoms with Crippen LogP contribution in [0, 0.1) is 0 Å². The third kappa shape index (κ3) is 3.86. The van der Waals surface area contributed by atoms with Gasteiger partial charge >= 0.3 is 5.69 Å². The standard InChI is InChI=1S/C31H20ClN3O4/c32-24-7-3-6-22(18-9-11-27-28(15-18)39-13-12-38-27)29(24)19-8-10-23-25(14-19)34-31(37)35(30(23)36)26-17-33-16-20-4-1-2-5-21(20)26/h1-11,14-17H,12-13H2,(H,34,37). The van der Waals surface area contributed by atoms with Crippen molar-refractivity contribution in [3.05, 3.63) is 117 Å². The number of H-pyrrole nitrogens is 1. The number of fused-ring (bicyclic) bond motifs is 3. The van der Waals surface area contributed by atoms with Gasteiger partial charge in [-0.25, -0.2) is 9.36 Å². The average molecular weight is 534 g/mol. The van der Waals surface area contributed by atoms with E-state index in [2.05, 4.69) is 9.97 Å². The molecule has 190 valence electrons. The summed E-state index contributed by atoms with van der Waals surface area (Å²) in [6, 6.07) is 24.3. The number of halogens is 1. The first-order valence-electron chi connectivity index (χ1n) is 12.4. The molecule has 7 nitrogen and oxygen atoms in total. The Bertz CT molecular complexity index is 2040. The Labute approximate surface area is 226 Å². The van der Waals surface area contributed by atoms with Crippen LogP contribution in [0.3, 0.4) is 0 Å². The van der Waals surface area contributed by atoms with Crippen LogP contribution in [0.1, 0.15) is 0 Å². The maximum Gasteiger partial charge on any atom is 0.333 e. The Morgan fingerprint density at radius 1 is 0.795 bits per heavy atom. The van der Waals surface area contributed by atoms with Gasteiger partial charge in [0.15, 0.2) is 11.5 Å². The highest BCUT2D eigenvalue weighted by Gasteiger charge is 2.18. The van der Waals surface area contributed by atoms with E-state index >= 15 is 0 Å². The van der Waals surface area contributed by atoms with Crippen molar-refractivity contribution in [2.24, 2.45) is 0 Å². The molecule has 1 aliphatic heterocycles. The van der Waals surface area contributed by atoms with Crippen molar-refractivity contribution in [2.45, 2.75) is 0 Å². The first-order chi connectivity index (χ1) is 19.1. The molecule has 0 atom stereocenters. The SMILES string of the molecule is O=c1[nH]c2cc(-c3c(Cl)cccc3-c3ccc4c(c3)OCCO4)ccc2c(=O)n1-c1cncc2ccccc12. The number of benzene rings is 4. The number of nitrogens with one attached hydrogen (secondary N) is 1.